The molecular formula is C14H15ClN2O2S. The number of Topliss-reactive ketones (excluding diaryl/α,β-unsaturated/α-hetero) is 1. The van der Waals surface area contributed by atoms with Gasteiger partial charge in [0.1, 0.15) is 5.78 Å². The molecule has 0 spiro atoms. The van der Waals surface area contributed by atoms with Crippen LogP contribution < -0.4 is 0 Å². The van der Waals surface area contributed by atoms with Gasteiger partial charge in [0, 0.05) is 11.3 Å². The number of hydrogen-bond acceptors (Lipinski definition) is 5. The molecule has 0 bridgehead atoms. The summed E-state index contributed by atoms with van der Waals surface area (Å²) < 4.78 is 5.07. The van der Waals surface area contributed by atoms with E-state index in [0.29, 0.717) is 28.9 Å². The summed E-state index contributed by atoms with van der Waals surface area (Å²) in [5.41, 5.74) is 0. The van der Waals surface area contributed by atoms with Crippen molar-refractivity contribution in [2.45, 2.75) is 36.8 Å². The van der Waals surface area contributed by atoms with E-state index in [1.165, 1.54) is 0 Å². The molecule has 0 amide bonds. The molecule has 0 fully saturated rings. The molecule has 0 saturated heterocycles. The minimum Gasteiger partial charge on any atom is -0.339 e. The highest BCUT2D eigenvalue weighted by Crippen LogP contribution is 2.28. The number of hydrogen-bond donors (Lipinski definition) is 0. The standard InChI is InChI=1S/C14H15ClN2O2S/c1-2-5-10(18)8-14-16-13(17-19-14)9-20-12-7-4-3-6-11(12)15/h3-4,6-7H,2,5,8-9H2,1H3. The van der Waals surface area contributed by atoms with Crippen molar-refractivity contribution >= 4 is 29.1 Å². The summed E-state index contributed by atoms with van der Waals surface area (Å²) in [6, 6.07) is 7.60. The minimum atomic E-state index is 0.126. The van der Waals surface area contributed by atoms with Gasteiger partial charge in [-0.2, -0.15) is 4.98 Å². The van der Waals surface area contributed by atoms with E-state index < -0.39 is 0 Å². The molecule has 1 aromatic carbocycles. The Labute approximate surface area is 126 Å². The fourth-order valence-corrected chi connectivity index (χ4v) is 2.74. The van der Waals surface area contributed by atoms with Crippen LogP contribution in [-0.4, -0.2) is 15.9 Å². The first-order chi connectivity index (χ1) is 9.69. The van der Waals surface area contributed by atoms with Gasteiger partial charge in [-0.15, -0.1) is 11.8 Å². The van der Waals surface area contributed by atoms with Gasteiger partial charge < -0.3 is 4.52 Å². The lowest BCUT2D eigenvalue weighted by Gasteiger charge is -2.00. The zero-order valence-corrected chi connectivity index (χ0v) is 12.7. The summed E-state index contributed by atoms with van der Waals surface area (Å²) in [7, 11) is 0. The Bertz CT molecular complexity index is 586. The molecule has 1 heterocycles. The first kappa shape index (κ1) is 15.1. The van der Waals surface area contributed by atoms with E-state index in [-0.39, 0.29) is 12.2 Å². The second-order valence-electron chi connectivity index (χ2n) is 4.29. The van der Waals surface area contributed by atoms with Crippen molar-refractivity contribution in [3.8, 4) is 0 Å². The summed E-state index contributed by atoms with van der Waals surface area (Å²) in [6.45, 7) is 1.97. The van der Waals surface area contributed by atoms with Crippen molar-refractivity contribution in [1.82, 2.24) is 10.1 Å². The lowest BCUT2D eigenvalue weighted by atomic mass is 10.2. The first-order valence-corrected chi connectivity index (χ1v) is 7.76. The summed E-state index contributed by atoms with van der Waals surface area (Å²) in [6.07, 6.45) is 1.60. The monoisotopic (exact) mass is 310 g/mol. The molecule has 0 aliphatic heterocycles. The molecule has 4 nitrogen and oxygen atoms in total. The van der Waals surface area contributed by atoms with Gasteiger partial charge >= 0.3 is 0 Å². The maximum atomic E-state index is 11.5. The van der Waals surface area contributed by atoms with Crippen molar-refractivity contribution in [2.75, 3.05) is 0 Å². The SMILES string of the molecule is CCCC(=O)Cc1nc(CSc2ccccc2Cl)no1. The van der Waals surface area contributed by atoms with Gasteiger partial charge in [-0.3, -0.25) is 4.79 Å². The van der Waals surface area contributed by atoms with E-state index >= 15 is 0 Å². The summed E-state index contributed by atoms with van der Waals surface area (Å²) in [5, 5.41) is 4.58. The Morgan fingerprint density at radius 2 is 2.20 bits per heavy atom. The normalized spacial score (nSPS) is 10.7. The fourth-order valence-electron chi connectivity index (χ4n) is 1.66. The van der Waals surface area contributed by atoms with Gasteiger partial charge in [0.05, 0.1) is 17.2 Å². The molecule has 0 aliphatic rings. The van der Waals surface area contributed by atoms with Gasteiger partial charge in [-0.1, -0.05) is 35.8 Å². The number of benzene rings is 1. The van der Waals surface area contributed by atoms with E-state index in [2.05, 4.69) is 10.1 Å². The Balaban J connectivity index is 1.90. The average Bonchev–Trinajstić information content (AvgIpc) is 2.85. The number of aromatic nitrogens is 2. The van der Waals surface area contributed by atoms with Crippen molar-refractivity contribution in [3.05, 3.63) is 41.0 Å². The van der Waals surface area contributed by atoms with Crippen molar-refractivity contribution in [2.24, 2.45) is 0 Å². The van der Waals surface area contributed by atoms with Crippen LogP contribution in [0.2, 0.25) is 5.02 Å². The molecule has 0 atom stereocenters. The number of thioether (sulfide) groups is 1. The van der Waals surface area contributed by atoms with Crippen LogP contribution >= 0.6 is 23.4 Å². The molecule has 2 rings (SSSR count). The van der Waals surface area contributed by atoms with Gasteiger partial charge in [-0.05, 0) is 18.6 Å². The van der Waals surface area contributed by atoms with Crippen LogP contribution in [0.25, 0.3) is 0 Å². The topological polar surface area (TPSA) is 56.0 Å². The highest BCUT2D eigenvalue weighted by atomic mass is 35.5. The predicted octanol–water partition coefficient (Wildman–Crippen LogP) is 3.93. The minimum absolute atomic E-state index is 0.126. The Kier molecular flexibility index (Phi) is 5.61. The second kappa shape index (κ2) is 7.45. The fraction of sp³-hybridized carbons (Fsp3) is 0.357. The molecular weight excluding hydrogens is 296 g/mol. The van der Waals surface area contributed by atoms with Crippen LogP contribution in [-0.2, 0) is 17.0 Å². The van der Waals surface area contributed by atoms with E-state index in [1.54, 1.807) is 11.8 Å². The second-order valence-corrected chi connectivity index (χ2v) is 5.71. The van der Waals surface area contributed by atoms with Gasteiger partial charge in [0.15, 0.2) is 5.82 Å². The van der Waals surface area contributed by atoms with E-state index in [0.717, 1.165) is 11.3 Å². The third-order valence-corrected chi connectivity index (χ3v) is 4.09. The summed E-state index contributed by atoms with van der Waals surface area (Å²) in [5.74, 6) is 1.66. The first-order valence-electron chi connectivity index (χ1n) is 6.39. The molecule has 0 saturated carbocycles. The summed E-state index contributed by atoms with van der Waals surface area (Å²) in [4.78, 5) is 16.7. The molecule has 20 heavy (non-hydrogen) atoms. The third kappa shape index (κ3) is 4.35. The van der Waals surface area contributed by atoms with Gasteiger partial charge in [-0.25, -0.2) is 0 Å². The van der Waals surface area contributed by atoms with E-state index in [1.807, 2.05) is 31.2 Å². The van der Waals surface area contributed by atoms with Crippen LogP contribution in [0.4, 0.5) is 0 Å². The van der Waals surface area contributed by atoms with E-state index in [4.69, 9.17) is 16.1 Å². The summed E-state index contributed by atoms with van der Waals surface area (Å²) >= 11 is 7.61. The Morgan fingerprint density at radius 1 is 1.40 bits per heavy atom. The van der Waals surface area contributed by atoms with Crippen LogP contribution in [0.5, 0.6) is 0 Å². The quantitative estimate of drug-likeness (QED) is 0.725. The zero-order chi connectivity index (χ0) is 14.4. The molecule has 2 aromatic rings. The van der Waals surface area contributed by atoms with E-state index in [9.17, 15) is 4.79 Å². The highest BCUT2D eigenvalue weighted by Gasteiger charge is 2.11. The molecule has 0 unspecified atom stereocenters. The number of rotatable bonds is 7. The molecule has 6 heteroatoms. The highest BCUT2D eigenvalue weighted by molar-refractivity contribution is 7.98. The number of carbonyl (C=O) groups excluding carboxylic acids is 1. The van der Waals surface area contributed by atoms with Crippen LogP contribution in [0, 0.1) is 0 Å². The Hall–Kier alpha value is -1.33. The Morgan fingerprint density at radius 3 is 2.95 bits per heavy atom. The van der Waals surface area contributed by atoms with Gasteiger partial charge in [0.25, 0.3) is 0 Å². The number of ketones is 1. The smallest absolute Gasteiger partial charge is 0.234 e. The molecule has 0 aliphatic carbocycles. The molecule has 1 aromatic heterocycles. The zero-order valence-electron chi connectivity index (χ0n) is 11.1. The lowest BCUT2D eigenvalue weighted by Crippen LogP contribution is -2.02. The number of halogens is 1. The average molecular weight is 311 g/mol. The molecule has 0 N–H and O–H groups in total. The van der Waals surface area contributed by atoms with Crippen molar-refractivity contribution < 1.29 is 9.32 Å². The van der Waals surface area contributed by atoms with Crippen LogP contribution in [0.1, 0.15) is 31.5 Å². The number of nitrogens with zero attached hydrogens (tertiary/aromatic N) is 2. The number of carbonyl (C=O) groups is 1. The lowest BCUT2D eigenvalue weighted by molar-refractivity contribution is -0.118. The largest absolute Gasteiger partial charge is 0.339 e. The third-order valence-electron chi connectivity index (χ3n) is 2.58. The predicted molar refractivity (Wildman–Crippen MR) is 78.9 cm³/mol. The van der Waals surface area contributed by atoms with Crippen molar-refractivity contribution in [1.29, 1.82) is 0 Å². The maximum absolute atomic E-state index is 11.5. The van der Waals surface area contributed by atoms with Gasteiger partial charge in [0.2, 0.25) is 5.89 Å². The molecule has 106 valence electrons. The van der Waals surface area contributed by atoms with Crippen LogP contribution in [0.3, 0.4) is 0 Å². The maximum Gasteiger partial charge on any atom is 0.234 e. The van der Waals surface area contributed by atoms with Crippen LogP contribution in [0.15, 0.2) is 33.7 Å². The molecule has 0 radical (unpaired) electrons. The van der Waals surface area contributed by atoms with Crippen molar-refractivity contribution in [3.63, 3.8) is 0 Å².